The van der Waals surface area contributed by atoms with Gasteiger partial charge in [-0.3, -0.25) is 4.79 Å². The van der Waals surface area contributed by atoms with Crippen molar-refractivity contribution in [3.8, 4) is 0 Å². The SMILES string of the molecule is C[C@@H](C(=O)O)[C@H]1CC[C@H]2[C@@H]3CC[C@H]4C[C@H](O)CC[C@]4(C)[C@H]3C[C@H](O)[C@]12C. The topological polar surface area (TPSA) is 77.8 Å². The van der Waals surface area contributed by atoms with Crippen molar-refractivity contribution in [3.05, 3.63) is 0 Å². The van der Waals surface area contributed by atoms with E-state index in [2.05, 4.69) is 13.8 Å². The molecule has 0 unspecified atom stereocenters. The fourth-order valence-corrected chi connectivity index (χ4v) is 8.22. The summed E-state index contributed by atoms with van der Waals surface area (Å²) < 4.78 is 0. The minimum Gasteiger partial charge on any atom is -0.481 e. The van der Waals surface area contributed by atoms with Crippen molar-refractivity contribution >= 4 is 5.97 Å². The summed E-state index contributed by atoms with van der Waals surface area (Å²) in [5.74, 6) is 1.16. The zero-order valence-corrected chi connectivity index (χ0v) is 16.5. The van der Waals surface area contributed by atoms with Gasteiger partial charge in [-0.1, -0.05) is 20.8 Å². The average Bonchev–Trinajstić information content (AvgIpc) is 2.94. The Morgan fingerprint density at radius 2 is 1.73 bits per heavy atom. The van der Waals surface area contributed by atoms with Gasteiger partial charge in [-0.2, -0.15) is 0 Å². The van der Waals surface area contributed by atoms with E-state index in [1.807, 2.05) is 6.92 Å². The van der Waals surface area contributed by atoms with Crippen LogP contribution < -0.4 is 0 Å². The lowest BCUT2D eigenvalue weighted by atomic mass is 9.43. The van der Waals surface area contributed by atoms with Crippen LogP contribution in [0.3, 0.4) is 0 Å². The van der Waals surface area contributed by atoms with Crippen LogP contribution in [0.25, 0.3) is 0 Å². The maximum absolute atomic E-state index is 11.7. The lowest BCUT2D eigenvalue weighted by molar-refractivity contribution is -0.178. The van der Waals surface area contributed by atoms with Crippen LogP contribution in [0.4, 0.5) is 0 Å². The summed E-state index contributed by atoms with van der Waals surface area (Å²) in [5, 5.41) is 31.0. The van der Waals surface area contributed by atoms with Gasteiger partial charge in [0, 0.05) is 5.41 Å². The monoisotopic (exact) mass is 364 g/mol. The van der Waals surface area contributed by atoms with Gasteiger partial charge in [0.2, 0.25) is 0 Å². The predicted molar refractivity (Wildman–Crippen MR) is 99.4 cm³/mol. The summed E-state index contributed by atoms with van der Waals surface area (Å²) in [7, 11) is 0. The number of rotatable bonds is 2. The summed E-state index contributed by atoms with van der Waals surface area (Å²) in [6, 6.07) is 0. The van der Waals surface area contributed by atoms with Crippen LogP contribution in [0, 0.1) is 46.3 Å². The second-order valence-corrected chi connectivity index (χ2v) is 10.5. The number of aliphatic hydroxyl groups excluding tert-OH is 2. The maximum atomic E-state index is 11.7. The van der Waals surface area contributed by atoms with Crippen molar-refractivity contribution in [1.82, 2.24) is 0 Å². The van der Waals surface area contributed by atoms with E-state index in [0.717, 1.165) is 38.5 Å². The molecular weight excluding hydrogens is 328 g/mol. The Hall–Kier alpha value is -0.610. The van der Waals surface area contributed by atoms with Crippen LogP contribution in [0.2, 0.25) is 0 Å². The molecule has 0 aromatic rings. The molecule has 10 atom stereocenters. The first-order valence-corrected chi connectivity index (χ1v) is 10.8. The van der Waals surface area contributed by atoms with E-state index in [0.29, 0.717) is 23.7 Å². The standard InChI is InChI=1S/C22H36O4/c1-12(20(25)26)16-6-7-17-15-5-4-13-10-14(23)8-9-21(13,2)18(15)11-19(24)22(16,17)3/h12-19,23-24H,4-11H2,1-3H3,(H,25,26)/t12-,13+,14-,15+,16-,17+,18+,19+,21+,22-/m1/s1. The third kappa shape index (κ3) is 2.44. The summed E-state index contributed by atoms with van der Waals surface area (Å²) in [5.41, 5.74) is -0.0166. The van der Waals surface area contributed by atoms with Gasteiger partial charge < -0.3 is 15.3 Å². The minimum absolute atomic E-state index is 0.0830. The molecule has 4 heteroatoms. The Labute approximate surface area is 157 Å². The largest absolute Gasteiger partial charge is 0.481 e. The van der Waals surface area contributed by atoms with Gasteiger partial charge in [0.25, 0.3) is 0 Å². The van der Waals surface area contributed by atoms with Gasteiger partial charge >= 0.3 is 5.97 Å². The Morgan fingerprint density at radius 1 is 1.00 bits per heavy atom. The van der Waals surface area contributed by atoms with E-state index >= 15 is 0 Å². The zero-order valence-electron chi connectivity index (χ0n) is 16.5. The van der Waals surface area contributed by atoms with Crippen LogP contribution >= 0.6 is 0 Å². The van der Waals surface area contributed by atoms with Crippen LogP contribution in [-0.2, 0) is 4.79 Å². The number of carbonyl (C=O) groups is 1. The summed E-state index contributed by atoms with van der Waals surface area (Å²) in [4.78, 5) is 11.7. The van der Waals surface area contributed by atoms with Crippen LogP contribution in [-0.4, -0.2) is 33.5 Å². The molecular formula is C22H36O4. The first-order valence-electron chi connectivity index (χ1n) is 10.8. The van der Waals surface area contributed by atoms with Gasteiger partial charge in [-0.05, 0) is 86.4 Å². The second kappa shape index (κ2) is 6.20. The fraction of sp³-hybridized carbons (Fsp3) is 0.955. The molecule has 4 fully saturated rings. The van der Waals surface area contributed by atoms with Crippen molar-refractivity contribution < 1.29 is 20.1 Å². The predicted octanol–water partition coefficient (Wildman–Crippen LogP) is 3.70. The number of fused-ring (bicyclic) bond motifs is 5. The molecule has 148 valence electrons. The number of aliphatic carboxylic acids is 1. The Bertz CT molecular complexity index is 576. The highest BCUT2D eigenvalue weighted by molar-refractivity contribution is 5.70. The summed E-state index contributed by atoms with van der Waals surface area (Å²) in [6.07, 6.45) is 7.57. The molecule has 26 heavy (non-hydrogen) atoms. The highest BCUT2D eigenvalue weighted by atomic mass is 16.4. The molecule has 0 spiro atoms. The molecule has 4 rings (SSSR count). The number of hydrogen-bond donors (Lipinski definition) is 3. The Morgan fingerprint density at radius 3 is 2.42 bits per heavy atom. The fourth-order valence-electron chi connectivity index (χ4n) is 8.22. The smallest absolute Gasteiger partial charge is 0.306 e. The normalized spacial score (nSPS) is 54.7. The van der Waals surface area contributed by atoms with E-state index in [4.69, 9.17) is 0 Å². The van der Waals surface area contributed by atoms with Crippen LogP contribution in [0.1, 0.15) is 72.1 Å². The van der Waals surface area contributed by atoms with Gasteiger partial charge in [-0.15, -0.1) is 0 Å². The van der Waals surface area contributed by atoms with E-state index in [9.17, 15) is 20.1 Å². The number of carboxylic acid groups (broad SMARTS) is 1. The van der Waals surface area contributed by atoms with Gasteiger partial charge in [0.1, 0.15) is 0 Å². The molecule has 0 aromatic heterocycles. The lowest BCUT2D eigenvalue weighted by Gasteiger charge is -2.62. The van der Waals surface area contributed by atoms with Gasteiger partial charge in [0.15, 0.2) is 0 Å². The molecule has 4 aliphatic carbocycles. The van der Waals surface area contributed by atoms with Crippen molar-refractivity contribution in [1.29, 1.82) is 0 Å². The third-order valence-corrected chi connectivity index (χ3v) is 9.81. The average molecular weight is 365 g/mol. The lowest BCUT2D eigenvalue weighted by Crippen LogP contribution is -2.59. The highest BCUT2D eigenvalue weighted by Gasteiger charge is 2.64. The highest BCUT2D eigenvalue weighted by Crippen LogP contribution is 2.68. The molecule has 0 saturated heterocycles. The zero-order chi connectivity index (χ0) is 18.9. The third-order valence-electron chi connectivity index (χ3n) is 9.81. The first kappa shape index (κ1) is 18.7. The van der Waals surface area contributed by atoms with E-state index in [1.165, 1.54) is 12.8 Å². The molecule has 0 bridgehead atoms. The number of aliphatic hydroxyl groups is 2. The molecule has 0 heterocycles. The van der Waals surface area contributed by atoms with Crippen LogP contribution in [0.5, 0.6) is 0 Å². The second-order valence-electron chi connectivity index (χ2n) is 10.5. The van der Waals surface area contributed by atoms with Crippen molar-refractivity contribution in [2.75, 3.05) is 0 Å². The van der Waals surface area contributed by atoms with E-state index in [1.54, 1.807) is 0 Å². The van der Waals surface area contributed by atoms with Crippen molar-refractivity contribution in [2.45, 2.75) is 84.3 Å². The van der Waals surface area contributed by atoms with Crippen molar-refractivity contribution in [3.63, 3.8) is 0 Å². The van der Waals surface area contributed by atoms with E-state index in [-0.39, 0.29) is 28.8 Å². The maximum Gasteiger partial charge on any atom is 0.306 e. The van der Waals surface area contributed by atoms with E-state index < -0.39 is 12.1 Å². The number of carboxylic acids is 1. The summed E-state index contributed by atoms with van der Waals surface area (Å²) >= 11 is 0. The Balaban J connectivity index is 1.64. The summed E-state index contributed by atoms with van der Waals surface area (Å²) in [6.45, 7) is 6.44. The quantitative estimate of drug-likeness (QED) is 0.698. The van der Waals surface area contributed by atoms with Crippen molar-refractivity contribution in [2.24, 2.45) is 46.3 Å². The Kier molecular flexibility index (Phi) is 4.47. The van der Waals surface area contributed by atoms with Gasteiger partial charge in [-0.25, -0.2) is 0 Å². The molecule has 3 N–H and O–H groups in total. The minimum atomic E-state index is -0.719. The molecule has 4 aliphatic rings. The number of hydrogen-bond acceptors (Lipinski definition) is 3. The van der Waals surface area contributed by atoms with Gasteiger partial charge in [0.05, 0.1) is 18.1 Å². The molecule has 4 saturated carbocycles. The molecule has 0 radical (unpaired) electrons. The molecule has 0 aliphatic heterocycles. The van der Waals surface area contributed by atoms with Crippen LogP contribution in [0.15, 0.2) is 0 Å². The molecule has 4 nitrogen and oxygen atoms in total. The molecule has 0 amide bonds. The molecule has 0 aromatic carbocycles. The first-order chi connectivity index (χ1) is 12.2.